The molecule has 9 heteroatoms. The third-order valence-corrected chi connectivity index (χ3v) is 4.03. The highest BCUT2D eigenvalue weighted by Crippen LogP contribution is 2.30. The first kappa shape index (κ1) is 21.1. The molecule has 0 spiro atoms. The smallest absolute Gasteiger partial charge is 0.265 e. The van der Waals surface area contributed by atoms with Crippen LogP contribution in [0.2, 0.25) is 0 Å². The molecule has 1 heterocycles. The van der Waals surface area contributed by atoms with E-state index in [1.54, 1.807) is 19.1 Å². The lowest BCUT2D eigenvalue weighted by Gasteiger charge is -2.27. The Balaban J connectivity index is 2.38. The molecule has 8 nitrogen and oxygen atoms in total. The molecule has 0 aliphatic carbocycles. The number of carboxylic acid groups (broad SMARTS) is 1. The van der Waals surface area contributed by atoms with Gasteiger partial charge >= 0.3 is 0 Å². The molecule has 0 unspecified atom stereocenters. The van der Waals surface area contributed by atoms with Crippen LogP contribution in [0.25, 0.3) is 6.08 Å². The Labute approximate surface area is 167 Å². The zero-order chi connectivity index (χ0) is 20.8. The number of nitrogens with one attached hydrogen (secondary N) is 1. The van der Waals surface area contributed by atoms with Gasteiger partial charge in [0.1, 0.15) is 11.7 Å². The van der Waals surface area contributed by atoms with Crippen molar-refractivity contribution in [1.82, 2.24) is 10.2 Å². The Hall–Kier alpha value is -3.20. The van der Waals surface area contributed by atoms with Crippen molar-refractivity contribution in [2.45, 2.75) is 20.0 Å². The summed E-state index contributed by atoms with van der Waals surface area (Å²) in [4.78, 5) is 36.9. The van der Waals surface area contributed by atoms with E-state index in [-0.39, 0.29) is 28.7 Å². The van der Waals surface area contributed by atoms with E-state index < -0.39 is 23.9 Å². The fraction of sp³-hybridized carbons (Fsp3) is 0.263. The average Bonchev–Trinajstić information content (AvgIpc) is 2.64. The van der Waals surface area contributed by atoms with Crippen LogP contribution in [-0.2, 0) is 14.4 Å². The Kier molecular flexibility index (Phi) is 6.89. The summed E-state index contributed by atoms with van der Waals surface area (Å²) in [6.07, 6.45) is 1.71. The van der Waals surface area contributed by atoms with E-state index in [0.717, 1.165) is 0 Å². The van der Waals surface area contributed by atoms with Gasteiger partial charge in [0.15, 0.2) is 16.6 Å². The third kappa shape index (κ3) is 4.74. The molecule has 1 aliphatic rings. The van der Waals surface area contributed by atoms with E-state index in [0.29, 0.717) is 12.2 Å². The lowest BCUT2D eigenvalue weighted by atomic mass is 10.1. The molecule has 1 fully saturated rings. The van der Waals surface area contributed by atoms with Crippen molar-refractivity contribution in [3.05, 3.63) is 42.0 Å². The number of carboxylic acids is 1. The van der Waals surface area contributed by atoms with Gasteiger partial charge in [0, 0.05) is 6.54 Å². The zero-order valence-corrected chi connectivity index (χ0v) is 16.2. The predicted octanol–water partition coefficient (Wildman–Crippen LogP) is 0.415. The molecule has 1 N–H and O–H groups in total. The standard InChI is InChI=1S/C19H20N2O6S/c1-4-8-21-17(23)13(16(22)20-19(21)28)9-12-6-7-14(15(10-12)26-5-2)27-11(3)18(24)25/h4,6-7,9-11H,1,5,8H2,2-3H3,(H,24,25)(H,20,22,28)/p-1/b13-9+/t11-/m0/s1. The van der Waals surface area contributed by atoms with E-state index >= 15 is 0 Å². The molecule has 0 aromatic heterocycles. The monoisotopic (exact) mass is 403 g/mol. The second-order valence-corrected chi connectivity index (χ2v) is 6.13. The quantitative estimate of drug-likeness (QED) is 0.290. The SMILES string of the molecule is C=CCN1C(=O)/C(=C/c2ccc(O[C@@H](C)C(=O)[O-])c(OCC)c2)C(=O)NC1=S. The van der Waals surface area contributed by atoms with Crippen molar-refractivity contribution >= 4 is 41.2 Å². The highest BCUT2D eigenvalue weighted by molar-refractivity contribution is 7.80. The lowest BCUT2D eigenvalue weighted by molar-refractivity contribution is -0.312. The maximum atomic E-state index is 12.6. The van der Waals surface area contributed by atoms with E-state index in [4.69, 9.17) is 21.7 Å². The molecular formula is C19H19N2O6S-. The summed E-state index contributed by atoms with van der Waals surface area (Å²) in [5.41, 5.74) is 0.386. The number of carbonyl (C=O) groups excluding carboxylic acids is 3. The minimum absolute atomic E-state index is 0.0158. The number of aliphatic carboxylic acids is 1. The molecule has 2 amide bonds. The molecule has 0 bridgehead atoms. The lowest BCUT2D eigenvalue weighted by Crippen LogP contribution is -2.53. The molecule has 148 valence electrons. The van der Waals surface area contributed by atoms with Crippen molar-refractivity contribution in [2.24, 2.45) is 0 Å². The van der Waals surface area contributed by atoms with Crippen LogP contribution in [0, 0.1) is 0 Å². The van der Waals surface area contributed by atoms with Gasteiger partial charge in [0.05, 0.1) is 12.6 Å². The van der Waals surface area contributed by atoms with Crippen molar-refractivity contribution in [1.29, 1.82) is 0 Å². The number of nitrogens with zero attached hydrogens (tertiary/aromatic N) is 1. The summed E-state index contributed by atoms with van der Waals surface area (Å²) >= 11 is 5.01. The number of thiocarbonyl (C=S) groups is 1. The number of amides is 2. The molecular weight excluding hydrogens is 384 g/mol. The first-order chi connectivity index (χ1) is 13.3. The van der Waals surface area contributed by atoms with Gasteiger partial charge in [-0.3, -0.25) is 19.8 Å². The topological polar surface area (TPSA) is 108 Å². The van der Waals surface area contributed by atoms with Crippen molar-refractivity contribution < 1.29 is 29.0 Å². The van der Waals surface area contributed by atoms with Crippen LogP contribution in [0.4, 0.5) is 0 Å². The number of hydrogen-bond acceptors (Lipinski definition) is 7. The van der Waals surface area contributed by atoms with Crippen LogP contribution in [0.3, 0.4) is 0 Å². The van der Waals surface area contributed by atoms with E-state index in [9.17, 15) is 19.5 Å². The average molecular weight is 403 g/mol. The van der Waals surface area contributed by atoms with Gasteiger partial charge in [0.25, 0.3) is 11.8 Å². The Morgan fingerprint density at radius 2 is 2.11 bits per heavy atom. The van der Waals surface area contributed by atoms with Crippen molar-refractivity contribution in [2.75, 3.05) is 13.2 Å². The van der Waals surface area contributed by atoms with Crippen LogP contribution < -0.4 is 19.9 Å². The van der Waals surface area contributed by atoms with Crippen LogP contribution in [0.5, 0.6) is 11.5 Å². The largest absolute Gasteiger partial charge is 0.546 e. The van der Waals surface area contributed by atoms with Gasteiger partial charge in [-0.15, -0.1) is 6.58 Å². The number of rotatable bonds is 8. The Bertz CT molecular complexity index is 864. The number of hydrogen-bond donors (Lipinski definition) is 1. The summed E-state index contributed by atoms with van der Waals surface area (Å²) in [6.45, 7) is 7.12. The molecule has 1 saturated heterocycles. The van der Waals surface area contributed by atoms with Gasteiger partial charge < -0.3 is 19.4 Å². The Morgan fingerprint density at radius 3 is 2.71 bits per heavy atom. The molecule has 2 rings (SSSR count). The predicted molar refractivity (Wildman–Crippen MR) is 103 cm³/mol. The maximum absolute atomic E-state index is 12.6. The summed E-state index contributed by atoms with van der Waals surface area (Å²) in [6, 6.07) is 4.60. The number of carbonyl (C=O) groups is 3. The molecule has 0 saturated carbocycles. The van der Waals surface area contributed by atoms with Crippen LogP contribution in [-0.4, -0.2) is 47.1 Å². The van der Waals surface area contributed by atoms with Crippen molar-refractivity contribution in [3.8, 4) is 11.5 Å². The number of ether oxygens (including phenoxy) is 2. The number of benzene rings is 1. The zero-order valence-electron chi connectivity index (χ0n) is 15.4. The normalized spacial score (nSPS) is 16.6. The summed E-state index contributed by atoms with van der Waals surface area (Å²) < 4.78 is 10.8. The highest BCUT2D eigenvalue weighted by Gasteiger charge is 2.32. The first-order valence-corrected chi connectivity index (χ1v) is 8.83. The minimum Gasteiger partial charge on any atom is -0.546 e. The summed E-state index contributed by atoms with van der Waals surface area (Å²) in [5, 5.41) is 13.4. The first-order valence-electron chi connectivity index (χ1n) is 8.42. The fourth-order valence-electron chi connectivity index (χ4n) is 2.37. The van der Waals surface area contributed by atoms with E-state index in [1.807, 2.05) is 0 Å². The fourth-order valence-corrected chi connectivity index (χ4v) is 2.62. The Morgan fingerprint density at radius 1 is 1.39 bits per heavy atom. The van der Waals surface area contributed by atoms with Gasteiger partial charge in [0.2, 0.25) is 0 Å². The second kappa shape index (κ2) is 9.14. The van der Waals surface area contributed by atoms with Gasteiger partial charge in [-0.05, 0) is 49.8 Å². The molecule has 1 atom stereocenters. The van der Waals surface area contributed by atoms with Gasteiger partial charge in [-0.1, -0.05) is 12.1 Å². The van der Waals surface area contributed by atoms with Gasteiger partial charge in [-0.2, -0.15) is 0 Å². The maximum Gasteiger partial charge on any atom is 0.265 e. The van der Waals surface area contributed by atoms with Gasteiger partial charge in [-0.25, -0.2) is 0 Å². The second-order valence-electron chi connectivity index (χ2n) is 5.74. The third-order valence-electron chi connectivity index (χ3n) is 3.71. The molecule has 1 aromatic carbocycles. The molecule has 0 radical (unpaired) electrons. The van der Waals surface area contributed by atoms with Crippen LogP contribution in [0.15, 0.2) is 36.4 Å². The minimum atomic E-state index is -1.36. The van der Waals surface area contributed by atoms with E-state index in [1.165, 1.54) is 30.0 Å². The molecule has 28 heavy (non-hydrogen) atoms. The summed E-state index contributed by atoms with van der Waals surface area (Å²) in [5.74, 6) is -2.05. The van der Waals surface area contributed by atoms with Crippen LogP contribution in [0.1, 0.15) is 19.4 Å². The van der Waals surface area contributed by atoms with Crippen molar-refractivity contribution in [3.63, 3.8) is 0 Å². The summed E-state index contributed by atoms with van der Waals surface area (Å²) in [7, 11) is 0. The van der Waals surface area contributed by atoms with Crippen LogP contribution >= 0.6 is 12.2 Å². The van der Waals surface area contributed by atoms with E-state index in [2.05, 4.69) is 11.9 Å². The highest BCUT2D eigenvalue weighted by atomic mass is 32.1. The molecule has 1 aromatic rings. The molecule has 1 aliphatic heterocycles.